The minimum atomic E-state index is -0.323. The third kappa shape index (κ3) is 3.80. The van der Waals surface area contributed by atoms with Crippen LogP contribution < -0.4 is 10.9 Å². The zero-order valence-corrected chi connectivity index (χ0v) is 17.1. The van der Waals surface area contributed by atoms with Gasteiger partial charge < -0.3 is 15.4 Å². The van der Waals surface area contributed by atoms with Gasteiger partial charge in [0, 0.05) is 28.8 Å². The predicted octanol–water partition coefficient (Wildman–Crippen LogP) is 3.03. The van der Waals surface area contributed by atoms with Gasteiger partial charge in [0.05, 0.1) is 11.9 Å². The van der Waals surface area contributed by atoms with Crippen LogP contribution in [0.2, 0.25) is 5.02 Å². The second kappa shape index (κ2) is 7.65. The van der Waals surface area contributed by atoms with Gasteiger partial charge in [0.15, 0.2) is 5.69 Å². The highest BCUT2D eigenvalue weighted by atomic mass is 35.5. The summed E-state index contributed by atoms with van der Waals surface area (Å²) in [5, 5.41) is 17.0. The van der Waals surface area contributed by atoms with E-state index < -0.39 is 0 Å². The topological polar surface area (TPSA) is 99.5 Å². The number of carbonyl (C=O) groups excluding carboxylic acids is 1. The number of aliphatic hydroxyl groups is 1. The Bertz CT molecular complexity index is 1150. The fourth-order valence-corrected chi connectivity index (χ4v) is 3.68. The lowest BCUT2D eigenvalue weighted by Crippen LogP contribution is -2.34. The summed E-state index contributed by atoms with van der Waals surface area (Å²) >= 11 is 6.23. The Morgan fingerprint density at radius 2 is 2.21 bits per heavy atom. The number of hydrogen-bond donors (Lipinski definition) is 3. The van der Waals surface area contributed by atoms with Gasteiger partial charge in [0.1, 0.15) is 5.52 Å². The maximum atomic E-state index is 12.9. The highest BCUT2D eigenvalue weighted by Crippen LogP contribution is 2.43. The lowest BCUT2D eigenvalue weighted by molar-refractivity contribution is 0.0928. The first-order valence-corrected chi connectivity index (χ1v) is 10.1. The number of amides is 1. The fourth-order valence-electron chi connectivity index (χ4n) is 3.49. The molecule has 1 saturated carbocycles. The molecule has 7 nitrogen and oxygen atoms in total. The van der Waals surface area contributed by atoms with Crippen molar-refractivity contribution in [3.8, 4) is 11.3 Å². The second-order valence-electron chi connectivity index (χ2n) is 7.68. The molecule has 1 fully saturated rings. The van der Waals surface area contributed by atoms with Crippen molar-refractivity contribution in [2.24, 2.45) is 0 Å². The zero-order valence-electron chi connectivity index (χ0n) is 16.3. The minimum Gasteiger partial charge on any atom is -0.396 e. The molecule has 1 aliphatic carbocycles. The van der Waals surface area contributed by atoms with E-state index in [1.807, 2.05) is 26.0 Å². The molecule has 0 radical (unpaired) electrons. The summed E-state index contributed by atoms with van der Waals surface area (Å²) < 4.78 is 1.50. The van der Waals surface area contributed by atoms with Gasteiger partial charge in [-0.2, -0.15) is 5.10 Å². The third-order valence-electron chi connectivity index (χ3n) is 5.28. The molecule has 3 N–H and O–H groups in total. The Kier molecular flexibility index (Phi) is 5.19. The predicted molar refractivity (Wildman–Crippen MR) is 112 cm³/mol. The van der Waals surface area contributed by atoms with E-state index in [-0.39, 0.29) is 35.7 Å². The number of carbonyl (C=O) groups is 1. The van der Waals surface area contributed by atoms with Crippen LogP contribution in [0.1, 0.15) is 53.7 Å². The van der Waals surface area contributed by atoms with Crippen LogP contribution in [-0.4, -0.2) is 38.3 Å². The smallest absolute Gasteiger partial charge is 0.274 e. The van der Waals surface area contributed by atoms with E-state index in [0.29, 0.717) is 28.2 Å². The molecule has 0 spiro atoms. The number of nitrogens with one attached hydrogen (secondary N) is 2. The SMILES string of the molecule is Cc1ccc(-c2cn3nc(C(=O)N[C@@H](C)CCO)c(C4CC4)c3c(=O)[nH]2)cc1Cl. The highest BCUT2D eigenvalue weighted by molar-refractivity contribution is 6.31. The van der Waals surface area contributed by atoms with Crippen molar-refractivity contribution in [1.82, 2.24) is 19.9 Å². The number of halogens is 1. The average molecular weight is 415 g/mol. The van der Waals surface area contributed by atoms with Crippen LogP contribution in [0.3, 0.4) is 0 Å². The van der Waals surface area contributed by atoms with Gasteiger partial charge in [0.2, 0.25) is 0 Å². The van der Waals surface area contributed by atoms with Gasteiger partial charge in [-0.25, -0.2) is 4.52 Å². The van der Waals surface area contributed by atoms with Crippen molar-refractivity contribution in [3.63, 3.8) is 0 Å². The Morgan fingerprint density at radius 1 is 1.45 bits per heavy atom. The number of benzene rings is 1. The maximum Gasteiger partial charge on any atom is 0.274 e. The van der Waals surface area contributed by atoms with Crippen molar-refractivity contribution < 1.29 is 9.90 Å². The van der Waals surface area contributed by atoms with E-state index in [2.05, 4.69) is 15.4 Å². The Hall–Kier alpha value is -2.64. The molecule has 152 valence electrons. The molecule has 0 bridgehead atoms. The van der Waals surface area contributed by atoms with Crippen molar-refractivity contribution in [3.05, 3.63) is 56.6 Å². The van der Waals surface area contributed by atoms with E-state index in [1.54, 1.807) is 12.3 Å². The first-order chi connectivity index (χ1) is 13.9. The summed E-state index contributed by atoms with van der Waals surface area (Å²) in [5.74, 6) is -0.155. The molecular weight excluding hydrogens is 392 g/mol. The molecule has 29 heavy (non-hydrogen) atoms. The minimum absolute atomic E-state index is 0.00969. The monoisotopic (exact) mass is 414 g/mol. The van der Waals surface area contributed by atoms with Gasteiger partial charge in [-0.15, -0.1) is 0 Å². The standard InChI is InChI=1S/C21H23ClN4O3/c1-11-3-4-14(9-15(11)22)16-10-26-19(21(29)24-16)17(13-5-6-13)18(25-26)20(28)23-12(2)7-8-27/h3-4,9-10,12-13,27H,5-8H2,1-2H3,(H,23,28)(H,24,29)/t12-/m0/s1. The third-order valence-corrected chi connectivity index (χ3v) is 5.69. The van der Waals surface area contributed by atoms with Crippen molar-refractivity contribution in [2.75, 3.05) is 6.61 Å². The van der Waals surface area contributed by atoms with Gasteiger partial charge in [-0.3, -0.25) is 9.59 Å². The number of aromatic nitrogens is 3. The van der Waals surface area contributed by atoms with E-state index in [4.69, 9.17) is 16.7 Å². The second-order valence-corrected chi connectivity index (χ2v) is 8.08. The summed E-state index contributed by atoms with van der Waals surface area (Å²) in [7, 11) is 0. The molecule has 0 unspecified atom stereocenters. The molecule has 0 saturated heterocycles. The van der Waals surface area contributed by atoms with E-state index >= 15 is 0 Å². The van der Waals surface area contributed by atoms with Crippen LogP contribution >= 0.6 is 11.6 Å². The van der Waals surface area contributed by atoms with Crippen LogP contribution in [0, 0.1) is 6.92 Å². The average Bonchev–Trinajstić information content (AvgIpc) is 3.43. The fraction of sp³-hybridized carbons (Fsp3) is 0.381. The summed E-state index contributed by atoms with van der Waals surface area (Å²) in [6, 6.07) is 5.38. The Labute approximate surface area is 172 Å². The van der Waals surface area contributed by atoms with Crippen molar-refractivity contribution in [1.29, 1.82) is 0 Å². The van der Waals surface area contributed by atoms with Crippen LogP contribution in [0.5, 0.6) is 0 Å². The van der Waals surface area contributed by atoms with Crippen LogP contribution in [0.25, 0.3) is 16.8 Å². The summed E-state index contributed by atoms with van der Waals surface area (Å²) in [4.78, 5) is 28.6. The van der Waals surface area contributed by atoms with Crippen molar-refractivity contribution in [2.45, 2.75) is 45.1 Å². The number of rotatable bonds is 6. The molecule has 1 amide bonds. The molecule has 2 aromatic heterocycles. The summed E-state index contributed by atoms with van der Waals surface area (Å²) in [6.07, 6.45) is 4.04. The highest BCUT2D eigenvalue weighted by Gasteiger charge is 2.34. The molecule has 2 heterocycles. The van der Waals surface area contributed by atoms with E-state index in [0.717, 1.165) is 24.0 Å². The maximum absolute atomic E-state index is 12.9. The first kappa shape index (κ1) is 19.7. The van der Waals surface area contributed by atoms with Gasteiger partial charge in [-0.1, -0.05) is 23.7 Å². The number of nitrogens with zero attached hydrogens (tertiary/aromatic N) is 2. The molecular formula is C21H23ClN4O3. The lowest BCUT2D eigenvalue weighted by Gasteiger charge is -2.11. The van der Waals surface area contributed by atoms with Gasteiger partial charge in [-0.05, 0) is 50.7 Å². The van der Waals surface area contributed by atoms with Gasteiger partial charge in [0.25, 0.3) is 11.5 Å². The lowest BCUT2D eigenvalue weighted by atomic mass is 10.1. The number of aryl methyl sites for hydroxylation is 1. The molecule has 1 aromatic carbocycles. The van der Waals surface area contributed by atoms with Crippen LogP contribution in [0.15, 0.2) is 29.2 Å². The number of fused-ring (bicyclic) bond motifs is 1. The van der Waals surface area contributed by atoms with Crippen molar-refractivity contribution >= 4 is 23.0 Å². The first-order valence-electron chi connectivity index (χ1n) is 9.73. The van der Waals surface area contributed by atoms with E-state index in [1.165, 1.54) is 4.52 Å². The summed E-state index contributed by atoms with van der Waals surface area (Å²) in [6.45, 7) is 3.73. The Balaban J connectivity index is 1.81. The number of aromatic amines is 1. The zero-order chi connectivity index (χ0) is 20.7. The number of aliphatic hydroxyl groups excluding tert-OH is 1. The van der Waals surface area contributed by atoms with E-state index in [9.17, 15) is 9.59 Å². The largest absolute Gasteiger partial charge is 0.396 e. The Morgan fingerprint density at radius 3 is 2.86 bits per heavy atom. The number of hydrogen-bond acceptors (Lipinski definition) is 4. The summed E-state index contributed by atoms with van der Waals surface area (Å²) in [5.41, 5.74) is 3.41. The normalized spacial score (nSPS) is 14.9. The van der Waals surface area contributed by atoms with Gasteiger partial charge >= 0.3 is 0 Å². The molecule has 8 heteroatoms. The molecule has 1 aliphatic rings. The molecule has 4 rings (SSSR count). The molecule has 3 aromatic rings. The molecule has 0 aliphatic heterocycles. The molecule has 1 atom stereocenters. The van der Waals surface area contributed by atoms with Crippen LogP contribution in [0.4, 0.5) is 0 Å². The van der Waals surface area contributed by atoms with Crippen LogP contribution in [-0.2, 0) is 0 Å². The quantitative estimate of drug-likeness (QED) is 0.577. The number of H-pyrrole nitrogens is 1.